The van der Waals surface area contributed by atoms with E-state index < -0.39 is 12.6 Å². The zero-order valence-corrected chi connectivity index (χ0v) is 17.2. The molecule has 1 nitrogen and oxygen atoms in total. The Kier molecular flexibility index (Phi) is 6.55. The van der Waals surface area contributed by atoms with Crippen LogP contribution in [-0.2, 0) is 25.7 Å². The van der Waals surface area contributed by atoms with Crippen molar-refractivity contribution >= 4 is 24.0 Å². The number of hydrogen-bond donors (Lipinski definition) is 0. The van der Waals surface area contributed by atoms with E-state index in [-0.39, 0.29) is 18.0 Å². The van der Waals surface area contributed by atoms with Crippen LogP contribution in [0.5, 0.6) is 0 Å². The standard InChI is InChI=1S/C23H19ClF3N.ClH/c24-19-4-1-3-17(12-19)22-13-18(20-5-2-6-21(20)28-22)11-15-7-9-16(10-8-15)14-23(25,26)27;/h1,3-4,7-10,12-13H,2,5-6,11,14H2;1H. The topological polar surface area (TPSA) is 12.9 Å². The maximum atomic E-state index is 12.6. The lowest BCUT2D eigenvalue weighted by atomic mass is 9.96. The van der Waals surface area contributed by atoms with E-state index in [4.69, 9.17) is 16.6 Å². The van der Waals surface area contributed by atoms with Gasteiger partial charge < -0.3 is 0 Å². The van der Waals surface area contributed by atoms with Crippen LogP contribution in [0, 0.1) is 0 Å². The third-order valence-corrected chi connectivity index (χ3v) is 5.32. The zero-order chi connectivity index (χ0) is 19.7. The van der Waals surface area contributed by atoms with Crippen LogP contribution in [0.4, 0.5) is 13.2 Å². The van der Waals surface area contributed by atoms with Crippen molar-refractivity contribution in [3.05, 3.63) is 87.6 Å². The van der Waals surface area contributed by atoms with Gasteiger partial charge in [-0.15, -0.1) is 12.4 Å². The van der Waals surface area contributed by atoms with Gasteiger partial charge in [0.2, 0.25) is 0 Å². The Labute approximate surface area is 179 Å². The van der Waals surface area contributed by atoms with Crippen LogP contribution in [0.3, 0.4) is 0 Å². The first-order valence-corrected chi connectivity index (χ1v) is 9.67. The van der Waals surface area contributed by atoms with Gasteiger partial charge >= 0.3 is 6.18 Å². The van der Waals surface area contributed by atoms with Crippen molar-refractivity contribution < 1.29 is 13.2 Å². The van der Waals surface area contributed by atoms with Gasteiger partial charge in [0.05, 0.1) is 12.1 Å². The second-order valence-electron chi connectivity index (χ2n) is 7.24. The summed E-state index contributed by atoms with van der Waals surface area (Å²) in [7, 11) is 0. The van der Waals surface area contributed by atoms with E-state index in [1.165, 1.54) is 11.1 Å². The molecule has 152 valence electrons. The minimum atomic E-state index is -4.18. The summed E-state index contributed by atoms with van der Waals surface area (Å²) >= 11 is 6.13. The van der Waals surface area contributed by atoms with Gasteiger partial charge in [-0.3, -0.25) is 4.98 Å². The van der Waals surface area contributed by atoms with Crippen LogP contribution in [0.25, 0.3) is 11.3 Å². The van der Waals surface area contributed by atoms with Gasteiger partial charge in [0.1, 0.15) is 0 Å². The highest BCUT2D eigenvalue weighted by atomic mass is 35.5. The maximum absolute atomic E-state index is 12.6. The first-order chi connectivity index (χ1) is 13.4. The van der Waals surface area contributed by atoms with Gasteiger partial charge in [-0.1, -0.05) is 48.0 Å². The molecular weight excluding hydrogens is 418 g/mol. The third kappa shape index (κ3) is 5.31. The molecule has 1 aliphatic carbocycles. The lowest BCUT2D eigenvalue weighted by Crippen LogP contribution is -2.11. The van der Waals surface area contributed by atoms with Crippen molar-refractivity contribution in [2.24, 2.45) is 0 Å². The Hall–Kier alpha value is -2.04. The molecule has 0 amide bonds. The quantitative estimate of drug-likeness (QED) is 0.427. The number of alkyl halides is 3. The average Bonchev–Trinajstić information content (AvgIpc) is 3.11. The summed E-state index contributed by atoms with van der Waals surface area (Å²) in [5.74, 6) is 0. The predicted octanol–water partition coefficient (Wildman–Crippen LogP) is 7.01. The molecule has 0 saturated heterocycles. The van der Waals surface area contributed by atoms with Crippen molar-refractivity contribution in [2.45, 2.75) is 38.3 Å². The summed E-state index contributed by atoms with van der Waals surface area (Å²) in [6.07, 6.45) is -1.35. The highest BCUT2D eigenvalue weighted by Gasteiger charge is 2.27. The van der Waals surface area contributed by atoms with Gasteiger partial charge in [-0.05, 0) is 66.1 Å². The Balaban J connectivity index is 0.00000240. The molecule has 0 aliphatic heterocycles. The first-order valence-electron chi connectivity index (χ1n) is 9.29. The second-order valence-corrected chi connectivity index (χ2v) is 7.68. The number of aromatic nitrogens is 1. The largest absolute Gasteiger partial charge is 0.393 e. The average molecular weight is 438 g/mol. The predicted molar refractivity (Wildman–Crippen MR) is 113 cm³/mol. The van der Waals surface area contributed by atoms with E-state index in [9.17, 15) is 13.2 Å². The lowest BCUT2D eigenvalue weighted by Gasteiger charge is -2.13. The summed E-state index contributed by atoms with van der Waals surface area (Å²) < 4.78 is 37.7. The Morgan fingerprint density at radius 2 is 1.66 bits per heavy atom. The molecule has 0 N–H and O–H groups in total. The third-order valence-electron chi connectivity index (χ3n) is 5.09. The number of aryl methyl sites for hydroxylation is 1. The van der Waals surface area contributed by atoms with Crippen LogP contribution in [0.1, 0.15) is 34.4 Å². The van der Waals surface area contributed by atoms with Crippen LogP contribution in [0.2, 0.25) is 5.02 Å². The molecule has 0 radical (unpaired) electrons. The number of nitrogens with zero attached hydrogens (tertiary/aromatic N) is 1. The summed E-state index contributed by atoms with van der Waals surface area (Å²) in [4.78, 5) is 4.84. The molecule has 0 bridgehead atoms. The van der Waals surface area contributed by atoms with Crippen molar-refractivity contribution in [1.82, 2.24) is 4.98 Å². The molecular formula is C23H20Cl2F3N. The first kappa shape index (κ1) is 21.7. The van der Waals surface area contributed by atoms with E-state index >= 15 is 0 Å². The molecule has 1 aromatic heterocycles. The smallest absolute Gasteiger partial charge is 0.253 e. The van der Waals surface area contributed by atoms with E-state index in [2.05, 4.69) is 6.07 Å². The fourth-order valence-corrected chi connectivity index (χ4v) is 4.00. The van der Waals surface area contributed by atoms with Crippen molar-refractivity contribution in [1.29, 1.82) is 0 Å². The minimum absolute atomic E-state index is 0. The SMILES string of the molecule is Cl.FC(F)(F)Cc1ccc(Cc2cc(-c3cccc(Cl)c3)nc3c2CCC3)cc1. The highest BCUT2D eigenvalue weighted by Crippen LogP contribution is 2.31. The molecule has 0 spiro atoms. The molecule has 1 heterocycles. The van der Waals surface area contributed by atoms with Crippen molar-refractivity contribution in [3.8, 4) is 11.3 Å². The summed E-state index contributed by atoms with van der Waals surface area (Å²) in [6.45, 7) is 0. The molecule has 0 fully saturated rings. The fraction of sp³-hybridized carbons (Fsp3) is 0.261. The number of pyridine rings is 1. The maximum Gasteiger partial charge on any atom is 0.393 e. The summed E-state index contributed by atoms with van der Waals surface area (Å²) in [5, 5.41) is 0.668. The zero-order valence-electron chi connectivity index (χ0n) is 15.6. The van der Waals surface area contributed by atoms with E-state index in [0.29, 0.717) is 11.4 Å². The van der Waals surface area contributed by atoms with E-state index in [1.807, 2.05) is 24.3 Å². The molecule has 0 saturated carbocycles. The van der Waals surface area contributed by atoms with Gasteiger partial charge in [0, 0.05) is 16.3 Å². The van der Waals surface area contributed by atoms with Crippen LogP contribution < -0.4 is 0 Å². The van der Waals surface area contributed by atoms with E-state index in [0.717, 1.165) is 41.8 Å². The normalized spacial score (nSPS) is 13.1. The lowest BCUT2D eigenvalue weighted by molar-refractivity contribution is -0.127. The van der Waals surface area contributed by atoms with Crippen LogP contribution >= 0.6 is 24.0 Å². The molecule has 2 aromatic carbocycles. The number of benzene rings is 2. The van der Waals surface area contributed by atoms with Crippen molar-refractivity contribution in [2.75, 3.05) is 0 Å². The Bertz CT molecular complexity index is 998. The van der Waals surface area contributed by atoms with Gasteiger partial charge in [0.25, 0.3) is 0 Å². The number of halogens is 5. The van der Waals surface area contributed by atoms with Gasteiger partial charge in [-0.25, -0.2) is 0 Å². The summed E-state index contributed by atoms with van der Waals surface area (Å²) in [6, 6.07) is 16.5. The second kappa shape index (κ2) is 8.76. The van der Waals surface area contributed by atoms with Crippen LogP contribution in [-0.4, -0.2) is 11.2 Å². The van der Waals surface area contributed by atoms with E-state index in [1.54, 1.807) is 24.3 Å². The number of rotatable bonds is 4. The molecule has 1 aliphatic rings. The number of hydrogen-bond acceptors (Lipinski definition) is 1. The summed E-state index contributed by atoms with van der Waals surface area (Å²) in [5.41, 5.74) is 6.77. The molecule has 0 unspecified atom stereocenters. The fourth-order valence-electron chi connectivity index (χ4n) is 3.81. The Morgan fingerprint density at radius 1 is 0.931 bits per heavy atom. The monoisotopic (exact) mass is 437 g/mol. The molecule has 6 heteroatoms. The number of fused-ring (bicyclic) bond motifs is 1. The molecule has 4 rings (SSSR count). The van der Waals surface area contributed by atoms with Gasteiger partial charge in [-0.2, -0.15) is 13.2 Å². The Morgan fingerprint density at radius 3 is 2.34 bits per heavy atom. The highest BCUT2D eigenvalue weighted by molar-refractivity contribution is 6.30. The molecule has 3 aromatic rings. The van der Waals surface area contributed by atoms with Gasteiger partial charge in [0.15, 0.2) is 0 Å². The molecule has 29 heavy (non-hydrogen) atoms. The van der Waals surface area contributed by atoms with Crippen molar-refractivity contribution in [3.63, 3.8) is 0 Å². The minimum Gasteiger partial charge on any atom is -0.253 e. The van der Waals surface area contributed by atoms with Crippen LogP contribution in [0.15, 0.2) is 54.6 Å². The molecule has 0 atom stereocenters.